The summed E-state index contributed by atoms with van der Waals surface area (Å²) in [7, 11) is -4.41. The van der Waals surface area contributed by atoms with Gasteiger partial charge in [-0.25, -0.2) is 21.1 Å². The van der Waals surface area contributed by atoms with Gasteiger partial charge in [0.1, 0.15) is 0 Å². The molecule has 0 radical (unpaired) electrons. The van der Waals surface area contributed by atoms with Crippen LogP contribution in [0.25, 0.3) is 11.5 Å². The van der Waals surface area contributed by atoms with Crippen LogP contribution in [0.3, 0.4) is 0 Å². The lowest BCUT2D eigenvalue weighted by atomic mass is 10.2. The lowest BCUT2D eigenvalue weighted by Gasteiger charge is -2.25. The number of sulfonamides is 2. The standard InChI is InChI=1S/C25H33N5O6S2/c1-17(2)15-30(16-18(3)4)38(34,35)22-11-7-19(8-12-22)23(31)26-25-28-27-24(36-25)20-9-13-21(14-10-20)37(32,33)29(5)6/h7-14,17-18H,15-16H2,1-6H3,(H,26,28,31). The van der Waals surface area contributed by atoms with Crippen LogP contribution >= 0.6 is 0 Å². The predicted octanol–water partition coefficient (Wildman–Crippen LogP) is 3.54. The number of carbonyl (C=O) groups excluding carboxylic acids is 1. The molecule has 0 aliphatic carbocycles. The van der Waals surface area contributed by atoms with Gasteiger partial charge >= 0.3 is 6.01 Å². The van der Waals surface area contributed by atoms with Gasteiger partial charge in [0.25, 0.3) is 5.91 Å². The van der Waals surface area contributed by atoms with E-state index in [2.05, 4.69) is 15.5 Å². The quantitative estimate of drug-likeness (QED) is 0.373. The summed E-state index contributed by atoms with van der Waals surface area (Å²) in [5, 5.41) is 10.2. The average molecular weight is 564 g/mol. The summed E-state index contributed by atoms with van der Waals surface area (Å²) in [6.45, 7) is 8.65. The second kappa shape index (κ2) is 11.7. The second-order valence-electron chi connectivity index (χ2n) is 9.81. The highest BCUT2D eigenvalue weighted by Crippen LogP contribution is 2.24. The van der Waals surface area contributed by atoms with Gasteiger partial charge in [-0.2, -0.15) is 4.31 Å². The fourth-order valence-corrected chi connectivity index (χ4v) is 6.22. The highest BCUT2D eigenvalue weighted by Gasteiger charge is 2.26. The number of amides is 1. The van der Waals surface area contributed by atoms with E-state index >= 15 is 0 Å². The molecule has 3 rings (SSSR count). The van der Waals surface area contributed by atoms with Crippen molar-refractivity contribution < 1.29 is 26.0 Å². The molecule has 206 valence electrons. The molecule has 38 heavy (non-hydrogen) atoms. The lowest BCUT2D eigenvalue weighted by molar-refractivity contribution is 0.102. The van der Waals surface area contributed by atoms with Gasteiger partial charge < -0.3 is 4.42 Å². The number of benzene rings is 2. The Hall–Kier alpha value is -3.13. The van der Waals surface area contributed by atoms with Gasteiger partial charge in [-0.05, 0) is 60.4 Å². The highest BCUT2D eigenvalue weighted by atomic mass is 32.2. The second-order valence-corrected chi connectivity index (χ2v) is 13.9. The van der Waals surface area contributed by atoms with Gasteiger partial charge in [0, 0.05) is 38.3 Å². The molecule has 0 atom stereocenters. The Bertz CT molecular complexity index is 1450. The van der Waals surface area contributed by atoms with Crippen LogP contribution < -0.4 is 5.32 Å². The normalized spacial score (nSPS) is 12.6. The predicted molar refractivity (Wildman–Crippen MR) is 143 cm³/mol. The fraction of sp³-hybridized carbons (Fsp3) is 0.400. The third kappa shape index (κ3) is 6.84. The molecule has 3 aromatic rings. The Labute approximate surface area is 224 Å². The van der Waals surface area contributed by atoms with Gasteiger partial charge in [-0.1, -0.05) is 32.8 Å². The van der Waals surface area contributed by atoms with E-state index in [9.17, 15) is 21.6 Å². The summed E-state index contributed by atoms with van der Waals surface area (Å²) in [5.41, 5.74) is 0.679. The van der Waals surface area contributed by atoms with Crippen molar-refractivity contribution in [1.29, 1.82) is 0 Å². The van der Waals surface area contributed by atoms with Crippen molar-refractivity contribution in [2.75, 3.05) is 32.5 Å². The van der Waals surface area contributed by atoms with Crippen LogP contribution in [-0.4, -0.2) is 68.7 Å². The third-order valence-electron chi connectivity index (χ3n) is 5.42. The van der Waals surface area contributed by atoms with E-state index < -0.39 is 26.0 Å². The van der Waals surface area contributed by atoms with E-state index in [1.54, 1.807) is 0 Å². The summed E-state index contributed by atoms with van der Waals surface area (Å²) >= 11 is 0. The van der Waals surface area contributed by atoms with Crippen LogP contribution in [0.5, 0.6) is 0 Å². The van der Waals surface area contributed by atoms with Crippen molar-refractivity contribution in [2.45, 2.75) is 37.5 Å². The highest BCUT2D eigenvalue weighted by molar-refractivity contribution is 7.89. The van der Waals surface area contributed by atoms with Gasteiger partial charge in [0.2, 0.25) is 25.9 Å². The first-order chi connectivity index (χ1) is 17.7. The molecule has 1 amide bonds. The third-order valence-corrected chi connectivity index (χ3v) is 9.09. The Morgan fingerprint density at radius 3 is 1.82 bits per heavy atom. The topological polar surface area (TPSA) is 143 Å². The number of hydrogen-bond acceptors (Lipinski definition) is 8. The minimum atomic E-state index is -3.72. The number of carbonyl (C=O) groups is 1. The smallest absolute Gasteiger partial charge is 0.322 e. The molecule has 0 saturated carbocycles. The number of anilines is 1. The maximum Gasteiger partial charge on any atom is 0.322 e. The summed E-state index contributed by atoms with van der Waals surface area (Å²) in [5.74, 6) is -0.141. The molecular formula is C25H33N5O6S2. The van der Waals surface area contributed by atoms with E-state index in [1.807, 2.05) is 27.7 Å². The van der Waals surface area contributed by atoms with E-state index in [4.69, 9.17) is 4.42 Å². The summed E-state index contributed by atoms with van der Waals surface area (Å²) in [6, 6.07) is 11.4. The number of rotatable bonds is 11. The molecule has 1 heterocycles. The first kappa shape index (κ1) is 29.4. The van der Waals surface area contributed by atoms with Crippen molar-refractivity contribution in [2.24, 2.45) is 11.8 Å². The van der Waals surface area contributed by atoms with Gasteiger partial charge in [-0.15, -0.1) is 5.10 Å². The first-order valence-electron chi connectivity index (χ1n) is 12.0. The zero-order valence-corrected chi connectivity index (χ0v) is 23.9. The van der Waals surface area contributed by atoms with Gasteiger partial charge in [-0.3, -0.25) is 10.1 Å². The first-order valence-corrected chi connectivity index (χ1v) is 14.9. The Morgan fingerprint density at radius 1 is 0.816 bits per heavy atom. The molecule has 0 saturated heterocycles. The van der Waals surface area contributed by atoms with E-state index in [0.717, 1.165) is 4.31 Å². The number of aromatic nitrogens is 2. The lowest BCUT2D eigenvalue weighted by Crippen LogP contribution is -2.37. The molecule has 0 bridgehead atoms. The van der Waals surface area contributed by atoms with Crippen LogP contribution in [0.4, 0.5) is 6.01 Å². The minimum Gasteiger partial charge on any atom is -0.403 e. The van der Waals surface area contributed by atoms with E-state index in [1.165, 1.54) is 66.9 Å². The van der Waals surface area contributed by atoms with Crippen molar-refractivity contribution in [3.63, 3.8) is 0 Å². The van der Waals surface area contributed by atoms with E-state index in [-0.39, 0.29) is 39.1 Å². The number of hydrogen-bond donors (Lipinski definition) is 1. The van der Waals surface area contributed by atoms with Crippen LogP contribution in [0.2, 0.25) is 0 Å². The zero-order chi connectivity index (χ0) is 28.3. The van der Waals surface area contributed by atoms with Crippen molar-refractivity contribution in [3.8, 4) is 11.5 Å². The van der Waals surface area contributed by atoms with Crippen molar-refractivity contribution in [1.82, 2.24) is 18.8 Å². The van der Waals surface area contributed by atoms with Crippen LogP contribution in [0, 0.1) is 11.8 Å². The average Bonchev–Trinajstić information content (AvgIpc) is 3.31. The van der Waals surface area contributed by atoms with Crippen molar-refractivity contribution in [3.05, 3.63) is 54.1 Å². The van der Waals surface area contributed by atoms with Gasteiger partial charge in [0.05, 0.1) is 9.79 Å². The SMILES string of the molecule is CC(C)CN(CC(C)C)S(=O)(=O)c1ccc(C(=O)Nc2nnc(-c3ccc(S(=O)(=O)N(C)C)cc3)o2)cc1. The van der Waals surface area contributed by atoms with Crippen LogP contribution in [0.1, 0.15) is 38.1 Å². The maximum absolute atomic E-state index is 13.2. The van der Waals surface area contributed by atoms with Crippen LogP contribution in [-0.2, 0) is 20.0 Å². The molecule has 0 aliphatic rings. The monoisotopic (exact) mass is 563 g/mol. The maximum atomic E-state index is 13.2. The largest absolute Gasteiger partial charge is 0.403 e. The molecule has 1 aromatic heterocycles. The Morgan fingerprint density at radius 2 is 1.32 bits per heavy atom. The van der Waals surface area contributed by atoms with E-state index in [0.29, 0.717) is 18.7 Å². The summed E-state index contributed by atoms with van der Waals surface area (Å²) in [4.78, 5) is 12.9. The molecule has 0 fully saturated rings. The molecule has 0 spiro atoms. The summed E-state index contributed by atoms with van der Waals surface area (Å²) in [6.07, 6.45) is 0. The molecule has 0 aliphatic heterocycles. The molecule has 1 N–H and O–H groups in total. The van der Waals surface area contributed by atoms with Gasteiger partial charge in [0.15, 0.2) is 0 Å². The minimum absolute atomic E-state index is 0.0888. The van der Waals surface area contributed by atoms with Crippen LogP contribution in [0.15, 0.2) is 62.7 Å². The molecule has 0 unspecified atom stereocenters. The summed E-state index contributed by atoms with van der Waals surface area (Å²) < 4.78 is 58.9. The molecule has 2 aromatic carbocycles. The Kier molecular flexibility index (Phi) is 9.08. The number of nitrogens with zero attached hydrogens (tertiary/aromatic N) is 4. The zero-order valence-electron chi connectivity index (χ0n) is 22.2. The number of nitrogens with one attached hydrogen (secondary N) is 1. The van der Waals surface area contributed by atoms with Crippen molar-refractivity contribution >= 4 is 32.0 Å². The molecular weight excluding hydrogens is 530 g/mol. The fourth-order valence-electron chi connectivity index (χ4n) is 3.55. The molecule has 13 heteroatoms. The molecule has 11 nitrogen and oxygen atoms in total. The Balaban J connectivity index is 1.72.